The summed E-state index contributed by atoms with van der Waals surface area (Å²) in [6.45, 7) is 8.94. The summed E-state index contributed by atoms with van der Waals surface area (Å²) in [7, 11) is 0. The van der Waals surface area contributed by atoms with E-state index in [1.165, 1.54) is 0 Å². The summed E-state index contributed by atoms with van der Waals surface area (Å²) in [5, 5.41) is 0.731. The highest BCUT2D eigenvalue weighted by Gasteiger charge is 2.38. The third-order valence-electron chi connectivity index (χ3n) is 3.79. The Kier molecular flexibility index (Phi) is 4.94. The van der Waals surface area contributed by atoms with Crippen molar-refractivity contribution in [2.75, 3.05) is 6.54 Å². The fourth-order valence-electron chi connectivity index (χ4n) is 2.67. The molecule has 0 bridgehead atoms. The fourth-order valence-corrected chi connectivity index (χ4v) is 2.87. The van der Waals surface area contributed by atoms with Crippen molar-refractivity contribution >= 4 is 23.7 Å². The van der Waals surface area contributed by atoms with Gasteiger partial charge in [0.25, 0.3) is 0 Å². The Hall–Kier alpha value is -1.48. The smallest absolute Gasteiger partial charge is 0.320 e. The van der Waals surface area contributed by atoms with Crippen LogP contribution < -0.4 is 0 Å². The van der Waals surface area contributed by atoms with Crippen LogP contribution >= 0.6 is 11.6 Å². The molecule has 4 heteroatoms. The van der Waals surface area contributed by atoms with Gasteiger partial charge in [0.05, 0.1) is 6.04 Å². The number of nitrogens with zero attached hydrogens (tertiary/aromatic N) is 2. The largest absolute Gasteiger partial charge is 0.321 e. The Morgan fingerprint density at radius 1 is 1.19 bits per heavy atom. The molecule has 2 rings (SSSR count). The fraction of sp³-hybridized carbons (Fsp3) is 0.471. The summed E-state index contributed by atoms with van der Waals surface area (Å²) >= 11 is 6.17. The molecule has 0 radical (unpaired) electrons. The second-order valence-electron chi connectivity index (χ2n) is 5.98. The van der Waals surface area contributed by atoms with Crippen molar-refractivity contribution in [3.63, 3.8) is 0 Å². The van der Waals surface area contributed by atoms with Gasteiger partial charge in [-0.25, -0.2) is 4.79 Å². The minimum Gasteiger partial charge on any atom is -0.320 e. The predicted molar refractivity (Wildman–Crippen MR) is 88.5 cm³/mol. The monoisotopic (exact) mass is 306 g/mol. The lowest BCUT2D eigenvalue weighted by atomic mass is 10.1. The molecule has 114 valence electrons. The number of carbonyl (C=O) groups excluding carboxylic acids is 1. The van der Waals surface area contributed by atoms with E-state index in [1.54, 1.807) is 0 Å². The van der Waals surface area contributed by atoms with Gasteiger partial charge in [-0.15, -0.1) is 0 Å². The van der Waals surface area contributed by atoms with Gasteiger partial charge in [-0.2, -0.15) is 0 Å². The number of rotatable bonds is 4. The third kappa shape index (κ3) is 3.41. The van der Waals surface area contributed by atoms with Gasteiger partial charge in [-0.3, -0.25) is 0 Å². The van der Waals surface area contributed by atoms with E-state index >= 15 is 0 Å². The SMILES string of the molecule is CC(C)N1C[C@@H](/C=C/c2ccccc2Cl)N(C(C)C)C1=O. The molecule has 0 N–H and O–H groups in total. The number of halogens is 1. The summed E-state index contributed by atoms with van der Waals surface area (Å²) in [4.78, 5) is 16.3. The van der Waals surface area contributed by atoms with E-state index in [0.29, 0.717) is 0 Å². The van der Waals surface area contributed by atoms with Crippen molar-refractivity contribution in [1.29, 1.82) is 0 Å². The molecule has 0 saturated carbocycles. The van der Waals surface area contributed by atoms with E-state index in [1.807, 2.05) is 40.1 Å². The number of carbonyl (C=O) groups is 1. The number of amides is 2. The lowest BCUT2D eigenvalue weighted by Gasteiger charge is -2.26. The second kappa shape index (κ2) is 6.52. The maximum Gasteiger partial charge on any atom is 0.321 e. The van der Waals surface area contributed by atoms with Gasteiger partial charge in [-0.1, -0.05) is 42.0 Å². The topological polar surface area (TPSA) is 23.6 Å². The van der Waals surface area contributed by atoms with Gasteiger partial charge < -0.3 is 9.80 Å². The normalized spacial score (nSPS) is 19.6. The standard InChI is InChI=1S/C17H23ClN2O/c1-12(2)19-11-15(20(13(3)4)17(19)21)10-9-14-7-5-6-8-16(14)18/h5-10,12-13,15H,11H2,1-4H3/b10-9+/t15-/m1/s1. The molecule has 1 aromatic carbocycles. The summed E-state index contributed by atoms with van der Waals surface area (Å²) < 4.78 is 0. The van der Waals surface area contributed by atoms with Crippen LogP contribution in [0.3, 0.4) is 0 Å². The highest BCUT2D eigenvalue weighted by Crippen LogP contribution is 2.24. The van der Waals surface area contributed by atoms with Gasteiger partial charge >= 0.3 is 6.03 Å². The Balaban J connectivity index is 2.22. The molecule has 0 unspecified atom stereocenters. The van der Waals surface area contributed by atoms with Crippen LogP contribution in [0.4, 0.5) is 4.79 Å². The van der Waals surface area contributed by atoms with Crippen molar-refractivity contribution in [2.24, 2.45) is 0 Å². The average Bonchev–Trinajstić information content (AvgIpc) is 2.75. The van der Waals surface area contributed by atoms with Gasteiger partial charge in [0, 0.05) is 23.7 Å². The molecular weight excluding hydrogens is 284 g/mol. The quantitative estimate of drug-likeness (QED) is 0.814. The maximum absolute atomic E-state index is 12.5. The number of hydrogen-bond donors (Lipinski definition) is 0. The van der Waals surface area contributed by atoms with Crippen molar-refractivity contribution in [1.82, 2.24) is 9.80 Å². The molecule has 21 heavy (non-hydrogen) atoms. The first kappa shape index (κ1) is 15.9. The Labute approximate surface area is 132 Å². The van der Waals surface area contributed by atoms with E-state index in [9.17, 15) is 4.79 Å². The van der Waals surface area contributed by atoms with Crippen LogP contribution in [0.25, 0.3) is 6.08 Å². The van der Waals surface area contributed by atoms with Crippen LogP contribution in [-0.4, -0.2) is 40.5 Å². The van der Waals surface area contributed by atoms with Crippen LogP contribution in [0.5, 0.6) is 0 Å². The van der Waals surface area contributed by atoms with Gasteiger partial charge in [0.1, 0.15) is 0 Å². The van der Waals surface area contributed by atoms with Crippen molar-refractivity contribution < 1.29 is 4.79 Å². The molecule has 1 aromatic rings. The summed E-state index contributed by atoms with van der Waals surface area (Å²) in [5.41, 5.74) is 0.985. The molecule has 3 nitrogen and oxygen atoms in total. The minimum atomic E-state index is 0.0937. The van der Waals surface area contributed by atoms with Crippen LogP contribution in [-0.2, 0) is 0 Å². The van der Waals surface area contributed by atoms with Crippen molar-refractivity contribution in [3.8, 4) is 0 Å². The van der Waals surface area contributed by atoms with Crippen LogP contribution in [0.1, 0.15) is 33.3 Å². The first-order chi connectivity index (χ1) is 9.91. The van der Waals surface area contributed by atoms with E-state index in [0.717, 1.165) is 17.1 Å². The average molecular weight is 307 g/mol. The Bertz CT molecular complexity index is 539. The maximum atomic E-state index is 12.5. The summed E-state index contributed by atoms with van der Waals surface area (Å²) in [5.74, 6) is 0. The molecule has 0 spiro atoms. The van der Waals surface area contributed by atoms with Crippen LogP contribution in [0.2, 0.25) is 5.02 Å². The van der Waals surface area contributed by atoms with Crippen molar-refractivity contribution in [2.45, 2.75) is 45.8 Å². The molecule has 1 saturated heterocycles. The first-order valence-electron chi connectivity index (χ1n) is 7.43. The van der Waals surface area contributed by atoms with E-state index in [4.69, 9.17) is 11.6 Å². The predicted octanol–water partition coefficient (Wildman–Crippen LogP) is 4.28. The molecular formula is C17H23ClN2O. The summed E-state index contributed by atoms with van der Waals surface area (Å²) in [6.07, 6.45) is 4.10. The Morgan fingerprint density at radius 3 is 2.43 bits per heavy atom. The lowest BCUT2D eigenvalue weighted by Crippen LogP contribution is -2.40. The zero-order valence-electron chi connectivity index (χ0n) is 13.1. The van der Waals surface area contributed by atoms with Gasteiger partial charge in [0.15, 0.2) is 0 Å². The molecule has 1 heterocycles. The molecule has 1 atom stereocenters. The number of hydrogen-bond acceptors (Lipinski definition) is 1. The molecule has 1 fully saturated rings. The zero-order chi connectivity index (χ0) is 15.6. The minimum absolute atomic E-state index is 0.0937. The highest BCUT2D eigenvalue weighted by molar-refractivity contribution is 6.32. The van der Waals surface area contributed by atoms with E-state index in [-0.39, 0.29) is 24.2 Å². The van der Waals surface area contributed by atoms with Crippen LogP contribution in [0.15, 0.2) is 30.3 Å². The highest BCUT2D eigenvalue weighted by atomic mass is 35.5. The second-order valence-corrected chi connectivity index (χ2v) is 6.38. The molecule has 1 aliphatic heterocycles. The van der Waals surface area contributed by atoms with Gasteiger partial charge in [-0.05, 0) is 39.3 Å². The Morgan fingerprint density at radius 2 is 1.86 bits per heavy atom. The van der Waals surface area contributed by atoms with E-state index in [2.05, 4.69) is 33.8 Å². The number of benzene rings is 1. The lowest BCUT2D eigenvalue weighted by molar-refractivity contribution is 0.171. The summed E-state index contributed by atoms with van der Waals surface area (Å²) in [6, 6.07) is 8.35. The molecule has 1 aliphatic rings. The van der Waals surface area contributed by atoms with Crippen LogP contribution in [0, 0.1) is 0 Å². The third-order valence-corrected chi connectivity index (χ3v) is 4.13. The number of urea groups is 1. The molecule has 2 amide bonds. The van der Waals surface area contributed by atoms with Gasteiger partial charge in [0.2, 0.25) is 0 Å². The van der Waals surface area contributed by atoms with E-state index < -0.39 is 0 Å². The molecule has 0 aromatic heterocycles. The molecule has 0 aliphatic carbocycles. The zero-order valence-corrected chi connectivity index (χ0v) is 13.8. The van der Waals surface area contributed by atoms with Crippen molar-refractivity contribution in [3.05, 3.63) is 40.9 Å². The first-order valence-corrected chi connectivity index (χ1v) is 7.81.